The van der Waals surface area contributed by atoms with E-state index < -0.39 is 5.82 Å². The minimum Gasteiger partial charge on any atom is -0.506 e. The first-order valence-corrected chi connectivity index (χ1v) is 6.88. The largest absolute Gasteiger partial charge is 0.506 e. The number of hydrogen-bond donors (Lipinski definition) is 1. The van der Waals surface area contributed by atoms with Crippen LogP contribution in [-0.4, -0.2) is 15.2 Å². The summed E-state index contributed by atoms with van der Waals surface area (Å²) in [4.78, 5) is 4.65. The van der Waals surface area contributed by atoms with Crippen molar-refractivity contribution in [1.29, 1.82) is 0 Å². The van der Waals surface area contributed by atoms with Gasteiger partial charge in [0, 0.05) is 10.0 Å². The van der Waals surface area contributed by atoms with Gasteiger partial charge in [0.2, 0.25) is 5.82 Å². The molecule has 0 spiro atoms. The molecule has 1 N–H and O–H groups in total. The molecule has 7 heteroatoms. The summed E-state index contributed by atoms with van der Waals surface area (Å²) in [5, 5.41) is 15.1. The summed E-state index contributed by atoms with van der Waals surface area (Å²) < 4.78 is 19.0. The standard InChI is InChI=1S/C12H6BrFN2O2S/c13-7-3-6(4-8(14)5-7)11-15-12(18-16-11)10-9(17)1-2-19-10/h1-5,17H. The van der Waals surface area contributed by atoms with Gasteiger partial charge in [0.25, 0.3) is 5.89 Å². The van der Waals surface area contributed by atoms with Crippen molar-refractivity contribution in [3.63, 3.8) is 0 Å². The van der Waals surface area contributed by atoms with E-state index in [9.17, 15) is 9.50 Å². The average molecular weight is 341 g/mol. The Morgan fingerprint density at radius 1 is 1.32 bits per heavy atom. The van der Waals surface area contributed by atoms with Crippen molar-refractivity contribution in [2.45, 2.75) is 0 Å². The Balaban J connectivity index is 2.04. The van der Waals surface area contributed by atoms with Crippen LogP contribution in [0.15, 0.2) is 38.6 Å². The lowest BCUT2D eigenvalue weighted by Crippen LogP contribution is -1.83. The van der Waals surface area contributed by atoms with E-state index in [2.05, 4.69) is 26.1 Å². The van der Waals surface area contributed by atoms with Gasteiger partial charge in [-0.1, -0.05) is 21.1 Å². The van der Waals surface area contributed by atoms with E-state index in [0.717, 1.165) is 0 Å². The van der Waals surface area contributed by atoms with Crippen LogP contribution in [0, 0.1) is 5.82 Å². The summed E-state index contributed by atoms with van der Waals surface area (Å²) >= 11 is 4.49. The molecule has 3 rings (SSSR count). The maximum atomic E-state index is 13.3. The zero-order valence-corrected chi connectivity index (χ0v) is 11.7. The van der Waals surface area contributed by atoms with Crippen LogP contribution in [-0.2, 0) is 0 Å². The van der Waals surface area contributed by atoms with Gasteiger partial charge >= 0.3 is 0 Å². The van der Waals surface area contributed by atoms with Crippen LogP contribution in [0.25, 0.3) is 22.2 Å². The fraction of sp³-hybridized carbons (Fsp3) is 0. The molecule has 96 valence electrons. The minimum atomic E-state index is -0.394. The number of benzene rings is 1. The van der Waals surface area contributed by atoms with Gasteiger partial charge in [-0.3, -0.25) is 0 Å². The molecule has 0 bridgehead atoms. The zero-order valence-electron chi connectivity index (χ0n) is 9.30. The van der Waals surface area contributed by atoms with Gasteiger partial charge in [0.15, 0.2) is 0 Å². The van der Waals surface area contributed by atoms with E-state index in [-0.39, 0.29) is 17.5 Å². The molecule has 19 heavy (non-hydrogen) atoms. The first kappa shape index (κ1) is 12.3. The van der Waals surface area contributed by atoms with Gasteiger partial charge in [-0.25, -0.2) is 4.39 Å². The Kier molecular flexibility index (Phi) is 3.08. The molecule has 1 aromatic carbocycles. The monoisotopic (exact) mass is 340 g/mol. The third kappa shape index (κ3) is 2.39. The number of nitrogens with zero attached hydrogens (tertiary/aromatic N) is 2. The summed E-state index contributed by atoms with van der Waals surface area (Å²) in [5.74, 6) is 0.168. The van der Waals surface area contributed by atoms with E-state index in [0.29, 0.717) is 14.9 Å². The SMILES string of the molecule is Oc1ccsc1-c1nc(-c2cc(F)cc(Br)c2)no1. The van der Waals surface area contributed by atoms with Crippen LogP contribution in [0.5, 0.6) is 5.75 Å². The Bertz CT molecular complexity index is 721. The highest BCUT2D eigenvalue weighted by Gasteiger charge is 2.15. The van der Waals surface area contributed by atoms with E-state index >= 15 is 0 Å². The molecule has 2 heterocycles. The fourth-order valence-corrected chi connectivity index (χ4v) is 2.75. The van der Waals surface area contributed by atoms with Crippen molar-refractivity contribution >= 4 is 27.3 Å². The maximum Gasteiger partial charge on any atom is 0.272 e. The van der Waals surface area contributed by atoms with E-state index in [1.807, 2.05) is 0 Å². The number of aromatic nitrogens is 2. The zero-order chi connectivity index (χ0) is 13.4. The number of halogens is 2. The molecule has 0 saturated carbocycles. The highest BCUT2D eigenvalue weighted by molar-refractivity contribution is 9.10. The summed E-state index contributed by atoms with van der Waals surface area (Å²) in [6, 6.07) is 5.89. The number of rotatable bonds is 2. The quantitative estimate of drug-likeness (QED) is 0.763. The summed E-state index contributed by atoms with van der Waals surface area (Å²) in [7, 11) is 0. The molecule has 3 aromatic rings. The molecule has 2 aromatic heterocycles. The third-order valence-corrected chi connectivity index (χ3v) is 3.73. The van der Waals surface area contributed by atoms with Crippen molar-refractivity contribution in [3.05, 3.63) is 39.9 Å². The molecule has 0 aliphatic carbocycles. The lowest BCUT2D eigenvalue weighted by atomic mass is 10.2. The number of thiophene rings is 1. The maximum absolute atomic E-state index is 13.3. The smallest absolute Gasteiger partial charge is 0.272 e. The van der Waals surface area contributed by atoms with Crippen molar-refractivity contribution < 1.29 is 14.0 Å². The van der Waals surface area contributed by atoms with Crippen molar-refractivity contribution in [1.82, 2.24) is 10.1 Å². The molecule has 0 aliphatic heterocycles. The molecule has 0 atom stereocenters. The van der Waals surface area contributed by atoms with Gasteiger partial charge < -0.3 is 9.63 Å². The number of hydrogen-bond acceptors (Lipinski definition) is 5. The normalized spacial score (nSPS) is 10.8. The molecule has 0 unspecified atom stereocenters. The van der Waals surface area contributed by atoms with Crippen LogP contribution in [0.1, 0.15) is 0 Å². The Morgan fingerprint density at radius 3 is 2.84 bits per heavy atom. The van der Waals surface area contributed by atoms with Gasteiger partial charge in [-0.2, -0.15) is 4.98 Å². The Hall–Kier alpha value is -1.73. The summed E-state index contributed by atoms with van der Waals surface area (Å²) in [6.07, 6.45) is 0. The molecule has 0 fully saturated rings. The molecule has 0 aliphatic rings. The highest BCUT2D eigenvalue weighted by Crippen LogP contribution is 2.34. The van der Waals surface area contributed by atoms with Crippen LogP contribution >= 0.6 is 27.3 Å². The van der Waals surface area contributed by atoms with Gasteiger partial charge in [0.1, 0.15) is 16.4 Å². The first-order chi connectivity index (χ1) is 9.13. The second-order valence-electron chi connectivity index (χ2n) is 3.72. The fourth-order valence-electron chi connectivity index (χ4n) is 1.58. The summed E-state index contributed by atoms with van der Waals surface area (Å²) in [5.41, 5.74) is 0.498. The van der Waals surface area contributed by atoms with Gasteiger partial charge in [0.05, 0.1) is 0 Å². The number of aromatic hydroxyl groups is 1. The third-order valence-electron chi connectivity index (χ3n) is 2.39. The topological polar surface area (TPSA) is 59.2 Å². The molecule has 0 radical (unpaired) electrons. The van der Waals surface area contributed by atoms with Crippen molar-refractivity contribution in [2.24, 2.45) is 0 Å². The molecular weight excluding hydrogens is 335 g/mol. The van der Waals surface area contributed by atoms with E-state index in [4.69, 9.17) is 4.52 Å². The Labute approximate surface area is 119 Å². The molecule has 0 amide bonds. The average Bonchev–Trinajstić information content (AvgIpc) is 2.95. The lowest BCUT2D eigenvalue weighted by molar-refractivity contribution is 0.427. The minimum absolute atomic E-state index is 0.0839. The predicted molar refractivity (Wildman–Crippen MR) is 72.4 cm³/mol. The molecule has 0 saturated heterocycles. The van der Waals surface area contributed by atoms with E-state index in [1.54, 1.807) is 17.5 Å². The Morgan fingerprint density at radius 2 is 2.16 bits per heavy atom. The highest BCUT2D eigenvalue weighted by atomic mass is 79.9. The second kappa shape index (κ2) is 4.75. The van der Waals surface area contributed by atoms with Gasteiger partial charge in [-0.05, 0) is 29.6 Å². The van der Waals surface area contributed by atoms with Crippen LogP contribution in [0.2, 0.25) is 0 Å². The van der Waals surface area contributed by atoms with Crippen LogP contribution < -0.4 is 0 Å². The van der Waals surface area contributed by atoms with Crippen molar-refractivity contribution in [2.75, 3.05) is 0 Å². The van der Waals surface area contributed by atoms with Crippen LogP contribution in [0.4, 0.5) is 4.39 Å². The lowest BCUT2D eigenvalue weighted by Gasteiger charge is -1.96. The predicted octanol–water partition coefficient (Wildman–Crippen LogP) is 4.07. The van der Waals surface area contributed by atoms with Gasteiger partial charge in [-0.15, -0.1) is 11.3 Å². The van der Waals surface area contributed by atoms with Crippen LogP contribution in [0.3, 0.4) is 0 Å². The molecule has 4 nitrogen and oxygen atoms in total. The van der Waals surface area contributed by atoms with Crippen molar-refractivity contribution in [3.8, 4) is 27.9 Å². The second-order valence-corrected chi connectivity index (χ2v) is 5.55. The first-order valence-electron chi connectivity index (χ1n) is 5.20. The summed E-state index contributed by atoms with van der Waals surface area (Å²) in [6.45, 7) is 0. The van der Waals surface area contributed by atoms with E-state index in [1.165, 1.54) is 23.5 Å². The molecular formula is C12H6BrFN2O2S.